The van der Waals surface area contributed by atoms with E-state index in [9.17, 15) is 0 Å². The molecule has 0 aromatic heterocycles. The maximum absolute atomic E-state index is 3.88. The van der Waals surface area contributed by atoms with Crippen LogP contribution in [0.2, 0.25) is 0 Å². The second-order valence-electron chi connectivity index (χ2n) is 4.01. The Morgan fingerprint density at radius 2 is 2.00 bits per heavy atom. The molecule has 0 aliphatic carbocycles. The third-order valence-electron chi connectivity index (χ3n) is 1.76. The molecule has 0 aliphatic heterocycles. The van der Waals surface area contributed by atoms with Crippen LogP contribution in [0, 0.1) is 5.92 Å². The summed E-state index contributed by atoms with van der Waals surface area (Å²) >= 11 is 0. The van der Waals surface area contributed by atoms with E-state index in [2.05, 4.69) is 32.7 Å². The molecule has 12 heavy (non-hydrogen) atoms. The smallest absolute Gasteiger partial charge is 0.00258 e. The Hall–Kier alpha value is -0.300. The molecule has 0 radical (unpaired) electrons. The molecule has 0 aliphatic rings. The van der Waals surface area contributed by atoms with Gasteiger partial charge in [-0.15, -0.1) is 6.58 Å². The van der Waals surface area contributed by atoms with Crippen LogP contribution in [0.3, 0.4) is 0 Å². The highest BCUT2D eigenvalue weighted by Crippen LogP contribution is 2.02. The van der Waals surface area contributed by atoms with Crippen molar-refractivity contribution in [3.63, 3.8) is 0 Å². The van der Waals surface area contributed by atoms with Crippen molar-refractivity contribution in [3.8, 4) is 0 Å². The zero-order chi connectivity index (χ0) is 9.40. The largest absolute Gasteiger partial charge is 0.316 e. The van der Waals surface area contributed by atoms with E-state index in [-0.39, 0.29) is 0 Å². The summed E-state index contributed by atoms with van der Waals surface area (Å²) in [6, 6.07) is 0. The van der Waals surface area contributed by atoms with E-state index >= 15 is 0 Å². The highest BCUT2D eigenvalue weighted by molar-refractivity contribution is 4.87. The lowest BCUT2D eigenvalue weighted by molar-refractivity contribution is 0.535. The van der Waals surface area contributed by atoms with E-state index < -0.39 is 0 Å². The van der Waals surface area contributed by atoms with Crippen molar-refractivity contribution >= 4 is 0 Å². The van der Waals surface area contributed by atoms with Crippen molar-refractivity contribution in [3.05, 3.63) is 12.2 Å². The van der Waals surface area contributed by atoms with Crippen molar-refractivity contribution < 1.29 is 0 Å². The third kappa shape index (κ3) is 9.70. The summed E-state index contributed by atoms with van der Waals surface area (Å²) < 4.78 is 0. The Kier molecular flexibility index (Phi) is 7.17. The van der Waals surface area contributed by atoms with E-state index in [0.29, 0.717) is 0 Å². The van der Waals surface area contributed by atoms with Gasteiger partial charge in [-0.3, -0.25) is 0 Å². The molecule has 0 fully saturated rings. The van der Waals surface area contributed by atoms with E-state index in [4.69, 9.17) is 0 Å². The van der Waals surface area contributed by atoms with Gasteiger partial charge in [-0.2, -0.15) is 0 Å². The first-order valence-electron chi connectivity index (χ1n) is 4.98. The molecule has 0 spiro atoms. The van der Waals surface area contributed by atoms with Gasteiger partial charge < -0.3 is 5.32 Å². The van der Waals surface area contributed by atoms with Gasteiger partial charge in [-0.05, 0) is 45.2 Å². The standard InChI is InChI=1S/C11H23N/c1-10(2)7-5-6-8-12-9-11(3)4/h11-12H,1,5-9H2,2-4H3. The first-order valence-corrected chi connectivity index (χ1v) is 4.98. The fourth-order valence-corrected chi connectivity index (χ4v) is 1.07. The molecule has 0 saturated heterocycles. The van der Waals surface area contributed by atoms with Crippen molar-refractivity contribution in [2.75, 3.05) is 13.1 Å². The zero-order valence-electron chi connectivity index (χ0n) is 8.82. The highest BCUT2D eigenvalue weighted by atomic mass is 14.8. The summed E-state index contributed by atoms with van der Waals surface area (Å²) in [4.78, 5) is 0. The monoisotopic (exact) mass is 169 g/mol. The lowest BCUT2D eigenvalue weighted by Gasteiger charge is -2.06. The fourth-order valence-electron chi connectivity index (χ4n) is 1.07. The predicted molar refractivity (Wildman–Crippen MR) is 56.4 cm³/mol. The van der Waals surface area contributed by atoms with Crippen molar-refractivity contribution in [2.45, 2.75) is 40.0 Å². The Balaban J connectivity index is 2.96. The Morgan fingerprint density at radius 1 is 1.33 bits per heavy atom. The fraction of sp³-hybridized carbons (Fsp3) is 0.818. The minimum atomic E-state index is 0.770. The van der Waals surface area contributed by atoms with Gasteiger partial charge in [-0.1, -0.05) is 19.4 Å². The average molecular weight is 169 g/mol. The maximum atomic E-state index is 3.88. The molecule has 0 aromatic rings. The maximum Gasteiger partial charge on any atom is -0.00258 e. The molecule has 0 amide bonds. The van der Waals surface area contributed by atoms with Crippen LogP contribution >= 0.6 is 0 Å². The Labute approximate surface area is 77.2 Å². The number of allylic oxidation sites excluding steroid dienone is 1. The van der Waals surface area contributed by atoms with Crippen LogP contribution in [-0.4, -0.2) is 13.1 Å². The SMILES string of the molecule is C=C(C)CCCCNCC(C)C. The van der Waals surface area contributed by atoms with Crippen molar-refractivity contribution in [2.24, 2.45) is 5.92 Å². The second kappa shape index (κ2) is 7.35. The topological polar surface area (TPSA) is 12.0 Å². The lowest BCUT2D eigenvalue weighted by Crippen LogP contribution is -2.20. The van der Waals surface area contributed by atoms with E-state index in [1.807, 2.05) is 0 Å². The lowest BCUT2D eigenvalue weighted by atomic mass is 10.1. The average Bonchev–Trinajstić information content (AvgIpc) is 1.95. The molecule has 0 heterocycles. The van der Waals surface area contributed by atoms with Crippen LogP contribution in [0.15, 0.2) is 12.2 Å². The number of nitrogens with one attached hydrogen (secondary N) is 1. The van der Waals surface area contributed by atoms with Crippen molar-refractivity contribution in [1.29, 1.82) is 0 Å². The molecule has 0 unspecified atom stereocenters. The van der Waals surface area contributed by atoms with Crippen LogP contribution in [-0.2, 0) is 0 Å². The Bertz CT molecular complexity index is 116. The molecule has 0 aromatic carbocycles. The van der Waals surface area contributed by atoms with Gasteiger partial charge in [0, 0.05) is 0 Å². The van der Waals surface area contributed by atoms with Gasteiger partial charge in [0.25, 0.3) is 0 Å². The summed E-state index contributed by atoms with van der Waals surface area (Å²) in [6.45, 7) is 12.8. The van der Waals surface area contributed by atoms with Gasteiger partial charge in [0.2, 0.25) is 0 Å². The van der Waals surface area contributed by atoms with Crippen LogP contribution in [0.4, 0.5) is 0 Å². The van der Waals surface area contributed by atoms with Gasteiger partial charge in [-0.25, -0.2) is 0 Å². The minimum absolute atomic E-state index is 0.770. The summed E-state index contributed by atoms with van der Waals surface area (Å²) in [7, 11) is 0. The summed E-state index contributed by atoms with van der Waals surface area (Å²) in [6.07, 6.45) is 3.74. The zero-order valence-corrected chi connectivity index (χ0v) is 8.82. The number of hydrogen-bond acceptors (Lipinski definition) is 1. The van der Waals surface area contributed by atoms with E-state index in [0.717, 1.165) is 19.0 Å². The minimum Gasteiger partial charge on any atom is -0.316 e. The predicted octanol–water partition coefficient (Wildman–Crippen LogP) is 2.98. The molecule has 0 atom stereocenters. The van der Waals surface area contributed by atoms with Gasteiger partial charge in [0.15, 0.2) is 0 Å². The number of hydrogen-bond donors (Lipinski definition) is 1. The molecule has 1 heteroatoms. The first kappa shape index (κ1) is 11.7. The van der Waals surface area contributed by atoms with Crippen LogP contribution in [0.5, 0.6) is 0 Å². The molecular formula is C11H23N. The van der Waals surface area contributed by atoms with E-state index in [1.54, 1.807) is 0 Å². The van der Waals surface area contributed by atoms with Gasteiger partial charge in [0.1, 0.15) is 0 Å². The molecule has 1 nitrogen and oxygen atoms in total. The van der Waals surface area contributed by atoms with Crippen LogP contribution < -0.4 is 5.32 Å². The van der Waals surface area contributed by atoms with Crippen LogP contribution in [0.1, 0.15) is 40.0 Å². The number of unbranched alkanes of at least 4 members (excludes halogenated alkanes) is 1. The van der Waals surface area contributed by atoms with Gasteiger partial charge >= 0.3 is 0 Å². The van der Waals surface area contributed by atoms with Gasteiger partial charge in [0.05, 0.1) is 0 Å². The number of rotatable bonds is 7. The van der Waals surface area contributed by atoms with Crippen LogP contribution in [0.25, 0.3) is 0 Å². The summed E-state index contributed by atoms with van der Waals surface area (Å²) in [5.41, 5.74) is 1.30. The normalized spacial score (nSPS) is 10.7. The van der Waals surface area contributed by atoms with E-state index in [1.165, 1.54) is 24.8 Å². The molecule has 1 N–H and O–H groups in total. The highest BCUT2D eigenvalue weighted by Gasteiger charge is 1.92. The van der Waals surface area contributed by atoms with Crippen molar-refractivity contribution in [1.82, 2.24) is 5.32 Å². The summed E-state index contributed by atoms with van der Waals surface area (Å²) in [5, 5.41) is 3.43. The molecule has 72 valence electrons. The Morgan fingerprint density at radius 3 is 2.50 bits per heavy atom. The summed E-state index contributed by atoms with van der Waals surface area (Å²) in [5.74, 6) is 0.770. The quantitative estimate of drug-likeness (QED) is 0.456. The first-order chi connectivity index (χ1) is 5.63. The molecule has 0 saturated carbocycles. The third-order valence-corrected chi connectivity index (χ3v) is 1.76. The molecule has 0 bridgehead atoms. The molecule has 0 rings (SSSR count). The second-order valence-corrected chi connectivity index (χ2v) is 4.01. The molecular weight excluding hydrogens is 146 g/mol.